The van der Waals surface area contributed by atoms with E-state index in [1.807, 2.05) is 11.8 Å². The lowest BCUT2D eigenvalue weighted by molar-refractivity contribution is -0.131. The zero-order chi connectivity index (χ0) is 29.8. The van der Waals surface area contributed by atoms with Crippen molar-refractivity contribution in [3.63, 3.8) is 0 Å². The molecule has 3 rings (SSSR count). The van der Waals surface area contributed by atoms with Crippen LogP contribution in [0.25, 0.3) is 0 Å². The van der Waals surface area contributed by atoms with Gasteiger partial charge in [0.15, 0.2) is 0 Å². The second-order valence-electron chi connectivity index (χ2n) is 11.1. The largest absolute Gasteiger partial charge is 0.356 e. The molecule has 41 heavy (non-hydrogen) atoms. The molecule has 0 aromatic heterocycles. The SMILES string of the molecule is CC(C)[C@H](NC(=O)Cc1ccc(F)cc1)C(=O)N[C@H](C=O)CCCCNC(=O)CCCC[C@@H]1SC[C@@H]2NC(=O)N[C@@H]21. The Morgan fingerprint density at radius 3 is 2.51 bits per heavy atom. The standard InChI is InChI=1S/C29H42FN5O5S/c1-18(2)26(34-25(38)15-19-10-12-20(30)13-11-19)28(39)32-21(16-36)7-5-6-14-31-24(37)9-4-3-8-23-27-22(17-41-23)33-29(40)35-27/h10-13,16,18,21-23,26-27H,3-9,14-15,17H2,1-2H3,(H,31,37)(H,32,39)(H,34,38)(H2,33,35,40)/t21-,22-,23-,26-,27-/m0/s1. The van der Waals surface area contributed by atoms with Crippen molar-refractivity contribution < 1.29 is 28.4 Å². The molecule has 0 aliphatic carbocycles. The maximum atomic E-state index is 13.1. The summed E-state index contributed by atoms with van der Waals surface area (Å²) in [5.41, 5.74) is 0.629. The number of urea groups is 1. The van der Waals surface area contributed by atoms with Crippen LogP contribution in [0.4, 0.5) is 9.18 Å². The molecule has 226 valence electrons. The van der Waals surface area contributed by atoms with E-state index >= 15 is 0 Å². The van der Waals surface area contributed by atoms with Crippen molar-refractivity contribution in [2.45, 2.75) is 94.6 Å². The molecule has 0 spiro atoms. The van der Waals surface area contributed by atoms with Gasteiger partial charge in [0, 0.05) is 24.0 Å². The Kier molecular flexibility index (Phi) is 12.9. The Bertz CT molecular complexity index is 1060. The van der Waals surface area contributed by atoms with Gasteiger partial charge in [0.25, 0.3) is 0 Å². The number of unbranched alkanes of at least 4 members (excludes halogenated alkanes) is 2. The van der Waals surface area contributed by atoms with Crippen molar-refractivity contribution >= 4 is 41.8 Å². The number of carbonyl (C=O) groups excluding carboxylic acids is 5. The van der Waals surface area contributed by atoms with E-state index in [4.69, 9.17) is 0 Å². The molecule has 5 N–H and O–H groups in total. The van der Waals surface area contributed by atoms with Crippen LogP contribution in [0.2, 0.25) is 0 Å². The lowest BCUT2D eigenvalue weighted by atomic mass is 10.0. The zero-order valence-electron chi connectivity index (χ0n) is 23.7. The molecule has 2 heterocycles. The van der Waals surface area contributed by atoms with Crippen LogP contribution in [0.1, 0.15) is 64.4 Å². The Labute approximate surface area is 245 Å². The molecule has 5 amide bonds. The van der Waals surface area contributed by atoms with Crippen LogP contribution in [-0.2, 0) is 25.6 Å². The van der Waals surface area contributed by atoms with Crippen molar-refractivity contribution in [2.75, 3.05) is 12.3 Å². The number of halogens is 1. The Morgan fingerprint density at radius 2 is 1.80 bits per heavy atom. The molecule has 5 atom stereocenters. The summed E-state index contributed by atoms with van der Waals surface area (Å²) in [6, 6.07) is 4.39. The summed E-state index contributed by atoms with van der Waals surface area (Å²) < 4.78 is 13.1. The normalized spacial score (nSPS) is 20.9. The first kappa shape index (κ1) is 32.4. The first-order valence-electron chi connectivity index (χ1n) is 14.4. The summed E-state index contributed by atoms with van der Waals surface area (Å²) in [4.78, 5) is 60.5. The number of hydrogen-bond donors (Lipinski definition) is 5. The average molecular weight is 592 g/mol. The van der Waals surface area contributed by atoms with E-state index < -0.39 is 18.0 Å². The Morgan fingerprint density at radius 1 is 1.05 bits per heavy atom. The molecular formula is C29H42FN5O5S. The van der Waals surface area contributed by atoms with Gasteiger partial charge in [0.1, 0.15) is 18.1 Å². The van der Waals surface area contributed by atoms with Crippen LogP contribution in [0, 0.1) is 11.7 Å². The maximum Gasteiger partial charge on any atom is 0.315 e. The number of hydrogen-bond acceptors (Lipinski definition) is 6. The first-order chi connectivity index (χ1) is 19.7. The van der Waals surface area contributed by atoms with Gasteiger partial charge < -0.3 is 31.4 Å². The molecule has 2 aliphatic heterocycles. The number of carbonyl (C=O) groups is 5. The quantitative estimate of drug-likeness (QED) is 0.107. The van der Waals surface area contributed by atoms with E-state index in [0.29, 0.717) is 49.3 Å². The van der Waals surface area contributed by atoms with Gasteiger partial charge in [-0.3, -0.25) is 14.4 Å². The van der Waals surface area contributed by atoms with Gasteiger partial charge >= 0.3 is 6.03 Å². The van der Waals surface area contributed by atoms with Crippen molar-refractivity contribution in [2.24, 2.45) is 5.92 Å². The van der Waals surface area contributed by atoms with Gasteiger partial charge in [0.05, 0.1) is 24.5 Å². The first-order valence-corrected chi connectivity index (χ1v) is 15.5. The van der Waals surface area contributed by atoms with Crippen LogP contribution >= 0.6 is 11.8 Å². The van der Waals surface area contributed by atoms with Gasteiger partial charge in [-0.25, -0.2) is 9.18 Å². The molecule has 10 nitrogen and oxygen atoms in total. The zero-order valence-corrected chi connectivity index (χ0v) is 24.6. The molecule has 0 bridgehead atoms. The van der Waals surface area contributed by atoms with Gasteiger partial charge in [-0.15, -0.1) is 0 Å². The molecule has 0 unspecified atom stereocenters. The smallest absolute Gasteiger partial charge is 0.315 e. The molecule has 2 saturated heterocycles. The molecule has 0 radical (unpaired) electrons. The number of fused-ring (bicyclic) bond motifs is 1. The van der Waals surface area contributed by atoms with E-state index in [1.54, 1.807) is 13.8 Å². The fraction of sp³-hybridized carbons (Fsp3) is 0.621. The minimum absolute atomic E-state index is 0.00539. The van der Waals surface area contributed by atoms with Gasteiger partial charge in [-0.1, -0.05) is 32.4 Å². The van der Waals surface area contributed by atoms with Crippen LogP contribution in [0.3, 0.4) is 0 Å². The number of amides is 5. The van der Waals surface area contributed by atoms with Crippen LogP contribution < -0.4 is 26.6 Å². The van der Waals surface area contributed by atoms with Crippen LogP contribution in [0.5, 0.6) is 0 Å². The molecule has 12 heteroatoms. The summed E-state index contributed by atoms with van der Waals surface area (Å²) in [7, 11) is 0. The van der Waals surface area contributed by atoms with Crippen molar-refractivity contribution in [1.29, 1.82) is 0 Å². The highest BCUT2D eigenvalue weighted by atomic mass is 32.2. The topological polar surface area (TPSA) is 146 Å². The second kappa shape index (κ2) is 16.3. The summed E-state index contributed by atoms with van der Waals surface area (Å²) in [6.45, 7) is 4.10. The van der Waals surface area contributed by atoms with Crippen LogP contribution in [0.15, 0.2) is 24.3 Å². The molecule has 1 aromatic carbocycles. The summed E-state index contributed by atoms with van der Waals surface area (Å²) >= 11 is 1.87. The van der Waals surface area contributed by atoms with Gasteiger partial charge in [0.2, 0.25) is 17.7 Å². The highest BCUT2D eigenvalue weighted by molar-refractivity contribution is 8.00. The highest BCUT2D eigenvalue weighted by Crippen LogP contribution is 2.33. The highest BCUT2D eigenvalue weighted by Gasteiger charge is 2.42. The van der Waals surface area contributed by atoms with Crippen molar-refractivity contribution in [1.82, 2.24) is 26.6 Å². The minimum atomic E-state index is -0.813. The van der Waals surface area contributed by atoms with E-state index in [9.17, 15) is 28.4 Å². The minimum Gasteiger partial charge on any atom is -0.356 e. The van der Waals surface area contributed by atoms with E-state index in [1.165, 1.54) is 24.3 Å². The Hall–Kier alpha value is -3.15. The third-order valence-electron chi connectivity index (χ3n) is 7.38. The lowest BCUT2D eigenvalue weighted by Gasteiger charge is -2.23. The molecule has 2 aliphatic rings. The molecule has 0 saturated carbocycles. The molecular weight excluding hydrogens is 549 g/mol. The molecule has 1 aromatic rings. The van der Waals surface area contributed by atoms with Gasteiger partial charge in [-0.05, 0) is 55.7 Å². The van der Waals surface area contributed by atoms with E-state index in [-0.39, 0.29) is 48.1 Å². The molecule has 2 fully saturated rings. The van der Waals surface area contributed by atoms with E-state index in [2.05, 4.69) is 26.6 Å². The fourth-order valence-electron chi connectivity index (χ4n) is 5.07. The number of thioether (sulfide) groups is 1. The average Bonchev–Trinajstić information content (AvgIpc) is 3.49. The van der Waals surface area contributed by atoms with E-state index in [0.717, 1.165) is 25.0 Å². The predicted molar refractivity (Wildman–Crippen MR) is 156 cm³/mol. The van der Waals surface area contributed by atoms with Crippen molar-refractivity contribution in [3.05, 3.63) is 35.6 Å². The number of benzene rings is 1. The summed E-state index contributed by atoms with van der Waals surface area (Å²) in [6.07, 6.45) is 5.56. The fourth-order valence-corrected chi connectivity index (χ4v) is 6.62. The third-order valence-corrected chi connectivity index (χ3v) is 8.89. The number of aldehydes is 1. The predicted octanol–water partition coefficient (Wildman–Crippen LogP) is 2.21. The van der Waals surface area contributed by atoms with Crippen LogP contribution in [-0.4, -0.2) is 71.8 Å². The number of nitrogens with one attached hydrogen (secondary N) is 5. The summed E-state index contributed by atoms with van der Waals surface area (Å²) in [5, 5.41) is 14.6. The second-order valence-corrected chi connectivity index (χ2v) is 12.3. The summed E-state index contributed by atoms with van der Waals surface area (Å²) in [5.74, 6) is -0.473. The monoisotopic (exact) mass is 591 g/mol. The van der Waals surface area contributed by atoms with Gasteiger partial charge in [-0.2, -0.15) is 11.8 Å². The van der Waals surface area contributed by atoms with Crippen molar-refractivity contribution in [3.8, 4) is 0 Å². The third kappa shape index (κ3) is 10.6. The Balaban J connectivity index is 1.27. The maximum absolute atomic E-state index is 13.1. The number of rotatable bonds is 17. The lowest BCUT2D eigenvalue weighted by Crippen LogP contribution is -2.52.